The second kappa shape index (κ2) is 4.39. The van der Waals surface area contributed by atoms with Gasteiger partial charge >= 0.3 is 0 Å². The molecular weight excluding hydrogens is 192 g/mol. The fourth-order valence-electron chi connectivity index (χ4n) is 1.14. The molecule has 0 bridgehead atoms. The van der Waals surface area contributed by atoms with Crippen molar-refractivity contribution in [3.05, 3.63) is 11.6 Å². The number of halogens is 1. The van der Waals surface area contributed by atoms with E-state index in [4.69, 9.17) is 17.3 Å². The van der Waals surface area contributed by atoms with Crippen molar-refractivity contribution in [1.29, 1.82) is 0 Å². The van der Waals surface area contributed by atoms with Crippen molar-refractivity contribution in [3.8, 4) is 0 Å². The summed E-state index contributed by atoms with van der Waals surface area (Å²) in [5, 5.41) is 0. The van der Waals surface area contributed by atoms with Gasteiger partial charge in [-0.2, -0.15) is 0 Å². The van der Waals surface area contributed by atoms with Crippen LogP contribution in [-0.2, 0) is 9.59 Å². The molecule has 13 heavy (non-hydrogen) atoms. The number of imide groups is 1. The molecule has 0 spiro atoms. The summed E-state index contributed by atoms with van der Waals surface area (Å²) >= 11 is 5.45. The summed E-state index contributed by atoms with van der Waals surface area (Å²) in [6, 6.07) is 0. The van der Waals surface area contributed by atoms with E-state index in [9.17, 15) is 9.59 Å². The Morgan fingerprint density at radius 1 is 1.46 bits per heavy atom. The summed E-state index contributed by atoms with van der Waals surface area (Å²) < 4.78 is 0. The molecule has 0 aromatic heterocycles. The highest BCUT2D eigenvalue weighted by molar-refractivity contribution is 6.18. The first-order chi connectivity index (χ1) is 6.20. The molecule has 0 aromatic rings. The molecule has 1 rings (SSSR count). The van der Waals surface area contributed by atoms with E-state index in [0.29, 0.717) is 24.4 Å². The lowest BCUT2D eigenvalue weighted by Gasteiger charge is -2.12. The average molecular weight is 203 g/mol. The highest BCUT2D eigenvalue weighted by atomic mass is 35.5. The lowest BCUT2D eigenvalue weighted by Crippen LogP contribution is -2.33. The number of rotatable bonds is 4. The maximum atomic E-state index is 11.4. The van der Waals surface area contributed by atoms with Crippen molar-refractivity contribution in [2.45, 2.75) is 6.42 Å². The monoisotopic (exact) mass is 202 g/mol. The molecule has 0 unspecified atom stereocenters. The van der Waals surface area contributed by atoms with Crippen LogP contribution in [0.15, 0.2) is 11.6 Å². The molecule has 1 aliphatic rings. The SMILES string of the molecule is NCC1=CC(=O)N(CCCCl)C1=O. The molecule has 5 heteroatoms. The van der Waals surface area contributed by atoms with Gasteiger partial charge in [0, 0.05) is 30.6 Å². The molecule has 2 amide bonds. The quantitative estimate of drug-likeness (QED) is 0.510. The van der Waals surface area contributed by atoms with Gasteiger partial charge in [-0.1, -0.05) is 0 Å². The summed E-state index contributed by atoms with van der Waals surface area (Å²) in [6.45, 7) is 0.489. The molecule has 2 N–H and O–H groups in total. The van der Waals surface area contributed by atoms with Gasteiger partial charge in [0.25, 0.3) is 11.8 Å². The lowest BCUT2D eigenvalue weighted by atomic mass is 10.3. The van der Waals surface area contributed by atoms with Crippen molar-refractivity contribution >= 4 is 23.4 Å². The predicted molar refractivity (Wildman–Crippen MR) is 49.2 cm³/mol. The first kappa shape index (κ1) is 10.2. The zero-order valence-electron chi connectivity index (χ0n) is 7.12. The van der Waals surface area contributed by atoms with Gasteiger partial charge in [0.15, 0.2) is 0 Å². The number of amides is 2. The fraction of sp³-hybridized carbons (Fsp3) is 0.500. The largest absolute Gasteiger partial charge is 0.326 e. The number of nitrogens with zero attached hydrogens (tertiary/aromatic N) is 1. The van der Waals surface area contributed by atoms with Crippen LogP contribution in [0.2, 0.25) is 0 Å². The van der Waals surface area contributed by atoms with Crippen molar-refractivity contribution < 1.29 is 9.59 Å². The van der Waals surface area contributed by atoms with Crippen LogP contribution >= 0.6 is 11.6 Å². The third-order valence-electron chi connectivity index (χ3n) is 1.82. The first-order valence-corrected chi connectivity index (χ1v) is 4.56. The molecular formula is C8H11ClN2O2. The molecule has 0 aromatic carbocycles. The van der Waals surface area contributed by atoms with E-state index >= 15 is 0 Å². The molecule has 0 fully saturated rings. The van der Waals surface area contributed by atoms with Crippen LogP contribution in [-0.4, -0.2) is 35.7 Å². The number of hydrogen-bond acceptors (Lipinski definition) is 3. The smallest absolute Gasteiger partial charge is 0.258 e. The summed E-state index contributed by atoms with van der Waals surface area (Å²) in [4.78, 5) is 23.7. The van der Waals surface area contributed by atoms with E-state index in [2.05, 4.69) is 0 Å². The topological polar surface area (TPSA) is 63.4 Å². The van der Waals surface area contributed by atoms with Gasteiger partial charge in [0.2, 0.25) is 0 Å². The second-order valence-electron chi connectivity index (χ2n) is 2.71. The maximum absolute atomic E-state index is 11.4. The van der Waals surface area contributed by atoms with E-state index in [1.54, 1.807) is 0 Å². The Bertz CT molecular complexity index is 263. The Hall–Kier alpha value is -0.870. The van der Waals surface area contributed by atoms with E-state index in [-0.39, 0.29) is 18.4 Å². The molecule has 0 saturated heterocycles. The van der Waals surface area contributed by atoms with Gasteiger partial charge in [-0.25, -0.2) is 0 Å². The Morgan fingerprint density at radius 2 is 2.15 bits per heavy atom. The Labute approximate surface area is 81.3 Å². The Kier molecular flexibility index (Phi) is 3.45. The third-order valence-corrected chi connectivity index (χ3v) is 2.09. The van der Waals surface area contributed by atoms with Crippen molar-refractivity contribution in [2.75, 3.05) is 19.0 Å². The summed E-state index contributed by atoms with van der Waals surface area (Å²) in [6.07, 6.45) is 1.90. The number of carbonyl (C=O) groups excluding carboxylic acids is 2. The van der Waals surface area contributed by atoms with Crippen molar-refractivity contribution in [3.63, 3.8) is 0 Å². The van der Waals surface area contributed by atoms with E-state index in [1.807, 2.05) is 0 Å². The van der Waals surface area contributed by atoms with Gasteiger partial charge in [0.05, 0.1) is 0 Å². The minimum absolute atomic E-state index is 0.113. The fourth-order valence-corrected chi connectivity index (χ4v) is 1.26. The van der Waals surface area contributed by atoms with Crippen LogP contribution in [0.3, 0.4) is 0 Å². The van der Waals surface area contributed by atoms with Gasteiger partial charge in [0.1, 0.15) is 0 Å². The van der Waals surface area contributed by atoms with Crippen molar-refractivity contribution in [1.82, 2.24) is 4.90 Å². The van der Waals surface area contributed by atoms with Gasteiger partial charge < -0.3 is 5.73 Å². The van der Waals surface area contributed by atoms with Crippen LogP contribution in [0.25, 0.3) is 0 Å². The normalized spacial score (nSPS) is 16.8. The standard InChI is InChI=1S/C8H11ClN2O2/c9-2-1-3-11-7(12)4-6(5-10)8(11)13/h4H,1-3,5,10H2. The Balaban J connectivity index is 2.61. The average Bonchev–Trinajstić information content (AvgIpc) is 2.39. The molecule has 72 valence electrons. The van der Waals surface area contributed by atoms with E-state index in [0.717, 1.165) is 0 Å². The lowest BCUT2D eigenvalue weighted by molar-refractivity contribution is -0.137. The minimum atomic E-state index is -0.282. The minimum Gasteiger partial charge on any atom is -0.326 e. The molecule has 4 nitrogen and oxygen atoms in total. The zero-order valence-corrected chi connectivity index (χ0v) is 7.88. The third kappa shape index (κ3) is 2.08. The number of alkyl halides is 1. The predicted octanol–water partition coefficient (Wildman–Crippen LogP) is -0.131. The summed E-state index contributed by atoms with van der Waals surface area (Å²) in [5.74, 6) is -0.122. The molecule has 0 saturated carbocycles. The van der Waals surface area contributed by atoms with Crippen molar-refractivity contribution in [2.24, 2.45) is 5.73 Å². The van der Waals surface area contributed by atoms with E-state index < -0.39 is 0 Å². The van der Waals surface area contributed by atoms with Gasteiger partial charge in [-0.3, -0.25) is 14.5 Å². The number of hydrogen-bond donors (Lipinski definition) is 1. The molecule has 1 heterocycles. The molecule has 0 atom stereocenters. The van der Waals surface area contributed by atoms with Crippen LogP contribution in [0.5, 0.6) is 0 Å². The highest BCUT2D eigenvalue weighted by Crippen LogP contribution is 2.11. The van der Waals surface area contributed by atoms with Gasteiger partial charge in [-0.15, -0.1) is 11.6 Å². The molecule has 0 aliphatic carbocycles. The molecule has 0 radical (unpaired) electrons. The summed E-state index contributed by atoms with van der Waals surface area (Å²) in [5.41, 5.74) is 5.66. The Morgan fingerprint density at radius 3 is 2.62 bits per heavy atom. The second-order valence-corrected chi connectivity index (χ2v) is 3.09. The highest BCUT2D eigenvalue weighted by Gasteiger charge is 2.28. The number of nitrogens with two attached hydrogens (primary N) is 1. The van der Waals surface area contributed by atoms with Gasteiger partial charge in [-0.05, 0) is 6.42 Å². The van der Waals surface area contributed by atoms with E-state index in [1.165, 1.54) is 11.0 Å². The number of carbonyl (C=O) groups is 2. The first-order valence-electron chi connectivity index (χ1n) is 4.03. The van der Waals surface area contributed by atoms with Crippen LogP contribution in [0, 0.1) is 0 Å². The van der Waals surface area contributed by atoms with Crippen LogP contribution in [0.1, 0.15) is 6.42 Å². The molecule has 1 aliphatic heterocycles. The van der Waals surface area contributed by atoms with Crippen LogP contribution in [0.4, 0.5) is 0 Å². The van der Waals surface area contributed by atoms with Crippen LogP contribution < -0.4 is 5.73 Å². The summed E-state index contributed by atoms with van der Waals surface area (Å²) in [7, 11) is 0. The zero-order chi connectivity index (χ0) is 9.84. The maximum Gasteiger partial charge on any atom is 0.258 e.